The van der Waals surface area contributed by atoms with Gasteiger partial charge in [-0.15, -0.1) is 0 Å². The van der Waals surface area contributed by atoms with Crippen molar-refractivity contribution in [1.82, 2.24) is 9.97 Å². The minimum absolute atomic E-state index is 0.0631. The van der Waals surface area contributed by atoms with Crippen LogP contribution < -0.4 is 4.18 Å². The molecular weight excluding hydrogens is 299 g/mol. The highest BCUT2D eigenvalue weighted by molar-refractivity contribution is 7.88. The minimum atomic E-state index is -5.79. The molecule has 104 valence electrons. The maximum Gasteiger partial charge on any atom is 0.534 e. The summed E-state index contributed by atoms with van der Waals surface area (Å²) in [4.78, 5) is 7.44. The van der Waals surface area contributed by atoms with Gasteiger partial charge in [-0.05, 0) is 6.07 Å². The molecule has 0 radical (unpaired) electrons. The summed E-state index contributed by atoms with van der Waals surface area (Å²) in [6.07, 6.45) is 2.19. The van der Waals surface area contributed by atoms with E-state index in [2.05, 4.69) is 14.2 Å². The highest BCUT2D eigenvalue weighted by Crippen LogP contribution is 2.30. The Labute approximate surface area is 110 Å². The summed E-state index contributed by atoms with van der Waals surface area (Å²) in [5.41, 5.74) is -5.56. The molecule has 0 saturated heterocycles. The number of halogens is 3. The van der Waals surface area contributed by atoms with Gasteiger partial charge in [0.05, 0.1) is 11.7 Å². The van der Waals surface area contributed by atoms with Crippen molar-refractivity contribution >= 4 is 21.0 Å². The van der Waals surface area contributed by atoms with Crippen molar-refractivity contribution in [3.8, 4) is 11.8 Å². The maximum absolute atomic E-state index is 12.3. The van der Waals surface area contributed by atoms with E-state index >= 15 is 0 Å². The monoisotopic (exact) mass is 303 g/mol. The van der Waals surface area contributed by atoms with Crippen LogP contribution in [0.25, 0.3) is 10.9 Å². The van der Waals surface area contributed by atoms with Crippen LogP contribution in [0.4, 0.5) is 13.2 Å². The molecule has 0 aliphatic carbocycles. The molecule has 0 aliphatic heterocycles. The molecule has 10 heteroatoms. The van der Waals surface area contributed by atoms with Crippen LogP contribution in [-0.4, -0.2) is 23.9 Å². The molecule has 2 rings (SSSR count). The third-order valence-corrected chi connectivity index (χ3v) is 3.15. The molecule has 0 amide bonds. The van der Waals surface area contributed by atoms with Crippen LogP contribution >= 0.6 is 0 Å². The molecule has 0 N–H and O–H groups in total. The largest absolute Gasteiger partial charge is 0.534 e. The highest BCUT2D eigenvalue weighted by Gasteiger charge is 2.48. The van der Waals surface area contributed by atoms with Gasteiger partial charge >= 0.3 is 15.6 Å². The molecule has 0 unspecified atom stereocenters. The smallest absolute Gasteiger partial charge is 0.375 e. The van der Waals surface area contributed by atoms with Crippen LogP contribution in [0.2, 0.25) is 0 Å². The number of aromatic nitrogens is 2. The molecule has 0 fully saturated rings. The molecule has 6 nitrogen and oxygen atoms in total. The zero-order valence-corrected chi connectivity index (χ0v) is 10.2. The van der Waals surface area contributed by atoms with Crippen LogP contribution in [-0.2, 0) is 10.1 Å². The molecule has 0 bridgehead atoms. The fraction of sp³-hybridized carbons (Fsp3) is 0.100. The molecule has 2 aromatic rings. The lowest BCUT2D eigenvalue weighted by atomic mass is 10.2. The van der Waals surface area contributed by atoms with E-state index in [0.29, 0.717) is 0 Å². The molecule has 0 aliphatic rings. The number of pyridine rings is 2. The van der Waals surface area contributed by atoms with Crippen LogP contribution in [0.3, 0.4) is 0 Å². The van der Waals surface area contributed by atoms with Crippen molar-refractivity contribution in [3.63, 3.8) is 0 Å². The summed E-state index contributed by atoms with van der Waals surface area (Å²) in [6.45, 7) is 0. The van der Waals surface area contributed by atoms with E-state index in [1.165, 1.54) is 0 Å². The van der Waals surface area contributed by atoms with Gasteiger partial charge in [0.2, 0.25) is 0 Å². The molecule has 20 heavy (non-hydrogen) atoms. The summed E-state index contributed by atoms with van der Waals surface area (Å²) in [7, 11) is -5.79. The summed E-state index contributed by atoms with van der Waals surface area (Å²) < 4.78 is 62.8. The Hall–Kier alpha value is -2.41. The van der Waals surface area contributed by atoms with Gasteiger partial charge in [-0.3, -0.25) is 4.98 Å². The summed E-state index contributed by atoms with van der Waals surface area (Å²) in [6, 6.07) is 3.71. The predicted molar refractivity (Wildman–Crippen MR) is 59.9 cm³/mol. The number of hydrogen-bond acceptors (Lipinski definition) is 6. The zero-order valence-electron chi connectivity index (χ0n) is 9.42. The SMILES string of the molecule is N#Cc1cc2c(OS(=O)(=O)C(F)(F)F)ccnc2cn1. The summed E-state index contributed by atoms with van der Waals surface area (Å²) in [5.74, 6) is -0.578. The first-order chi connectivity index (χ1) is 9.24. The standard InChI is InChI=1S/C10H4F3N3O3S/c11-10(12,13)20(17,18)19-9-1-2-15-8-5-16-6(4-14)3-7(8)9/h1-3,5H. The first kappa shape index (κ1) is 14.0. The number of nitriles is 1. The minimum Gasteiger partial charge on any atom is -0.375 e. The van der Waals surface area contributed by atoms with Gasteiger partial charge in [0.15, 0.2) is 5.75 Å². The Morgan fingerprint density at radius 2 is 2.00 bits per heavy atom. The Morgan fingerprint density at radius 1 is 1.30 bits per heavy atom. The number of nitrogens with zero attached hydrogens (tertiary/aromatic N) is 3. The second-order valence-electron chi connectivity index (χ2n) is 3.49. The van der Waals surface area contributed by atoms with Crippen LogP contribution in [0.5, 0.6) is 5.75 Å². The van der Waals surface area contributed by atoms with Crippen molar-refractivity contribution in [2.45, 2.75) is 5.51 Å². The van der Waals surface area contributed by atoms with E-state index < -0.39 is 21.4 Å². The average molecular weight is 303 g/mol. The molecule has 0 atom stereocenters. The highest BCUT2D eigenvalue weighted by atomic mass is 32.2. The second kappa shape index (κ2) is 4.61. The van der Waals surface area contributed by atoms with Gasteiger partial charge in [-0.1, -0.05) is 0 Å². The normalized spacial score (nSPS) is 12.1. The zero-order chi connectivity index (χ0) is 15.0. The maximum atomic E-state index is 12.3. The van der Waals surface area contributed by atoms with E-state index in [9.17, 15) is 21.6 Å². The molecule has 2 heterocycles. The van der Waals surface area contributed by atoms with Gasteiger partial charge < -0.3 is 4.18 Å². The third-order valence-electron chi connectivity index (χ3n) is 2.19. The van der Waals surface area contributed by atoms with Gasteiger partial charge in [0.25, 0.3) is 0 Å². The lowest BCUT2D eigenvalue weighted by Gasteiger charge is -2.10. The molecule has 0 aromatic carbocycles. The van der Waals surface area contributed by atoms with Crippen molar-refractivity contribution in [2.75, 3.05) is 0 Å². The van der Waals surface area contributed by atoms with E-state index in [1.807, 2.05) is 0 Å². The van der Waals surface area contributed by atoms with Crippen molar-refractivity contribution in [3.05, 3.63) is 30.2 Å². The van der Waals surface area contributed by atoms with Crippen LogP contribution in [0.1, 0.15) is 5.69 Å². The van der Waals surface area contributed by atoms with Crippen LogP contribution in [0, 0.1) is 11.3 Å². The van der Waals surface area contributed by atoms with E-state index in [-0.39, 0.29) is 16.6 Å². The van der Waals surface area contributed by atoms with E-state index in [4.69, 9.17) is 5.26 Å². The van der Waals surface area contributed by atoms with Gasteiger partial charge in [0.1, 0.15) is 11.8 Å². The Kier molecular flexibility index (Phi) is 3.23. The van der Waals surface area contributed by atoms with Crippen molar-refractivity contribution < 1.29 is 25.8 Å². The quantitative estimate of drug-likeness (QED) is 0.619. The second-order valence-corrected chi connectivity index (χ2v) is 5.03. The summed E-state index contributed by atoms with van der Waals surface area (Å²) in [5, 5.41) is 8.61. The van der Waals surface area contributed by atoms with Crippen molar-refractivity contribution in [2.24, 2.45) is 0 Å². The molecule has 0 saturated carbocycles. The predicted octanol–water partition coefficient (Wildman–Crippen LogP) is 1.73. The Bertz CT molecular complexity index is 812. The molecular formula is C10H4F3N3O3S. The van der Waals surface area contributed by atoms with Gasteiger partial charge in [-0.25, -0.2) is 4.98 Å². The van der Waals surface area contributed by atoms with Gasteiger partial charge in [0, 0.05) is 17.6 Å². The number of hydrogen-bond donors (Lipinski definition) is 0. The fourth-order valence-electron chi connectivity index (χ4n) is 1.32. The van der Waals surface area contributed by atoms with Crippen molar-refractivity contribution in [1.29, 1.82) is 5.26 Å². The first-order valence-corrected chi connectivity index (χ1v) is 6.31. The number of rotatable bonds is 2. The topological polar surface area (TPSA) is 92.9 Å². The van der Waals surface area contributed by atoms with Crippen LogP contribution in [0.15, 0.2) is 24.5 Å². The number of fused-ring (bicyclic) bond motifs is 1. The molecule has 0 spiro atoms. The first-order valence-electron chi connectivity index (χ1n) is 4.90. The molecule has 2 aromatic heterocycles. The third kappa shape index (κ3) is 2.48. The van der Waals surface area contributed by atoms with E-state index in [1.54, 1.807) is 6.07 Å². The van der Waals surface area contributed by atoms with E-state index in [0.717, 1.165) is 24.5 Å². The lowest BCUT2D eigenvalue weighted by Crippen LogP contribution is -2.28. The average Bonchev–Trinajstić information content (AvgIpc) is 2.37. The number of alkyl halides is 3. The fourth-order valence-corrected chi connectivity index (χ4v) is 1.80. The van der Waals surface area contributed by atoms with Gasteiger partial charge in [-0.2, -0.15) is 26.9 Å². The summed E-state index contributed by atoms with van der Waals surface area (Å²) >= 11 is 0. The Balaban J connectivity index is 2.59. The Morgan fingerprint density at radius 3 is 2.60 bits per heavy atom. The lowest BCUT2D eigenvalue weighted by molar-refractivity contribution is -0.0499.